The van der Waals surface area contributed by atoms with Gasteiger partial charge in [-0.2, -0.15) is 5.10 Å². The summed E-state index contributed by atoms with van der Waals surface area (Å²) in [4.78, 5) is 23.8. The van der Waals surface area contributed by atoms with Gasteiger partial charge in [-0.05, 0) is 34.5 Å². The molecule has 130 valence electrons. The summed E-state index contributed by atoms with van der Waals surface area (Å²) >= 11 is 1.46. The molecule has 0 atom stereocenters. The molecule has 1 amide bonds. The molecule has 0 radical (unpaired) electrons. The van der Waals surface area contributed by atoms with E-state index in [0.717, 1.165) is 15.7 Å². The van der Waals surface area contributed by atoms with Crippen molar-refractivity contribution >= 4 is 40.6 Å². The number of aromatic carboxylic acids is 1. The van der Waals surface area contributed by atoms with Gasteiger partial charge in [-0.1, -0.05) is 48.5 Å². The largest absolute Gasteiger partial charge is 0.478 e. The first-order valence-corrected chi connectivity index (χ1v) is 8.88. The second-order valence-electron chi connectivity index (χ2n) is 5.49. The maximum absolute atomic E-state index is 12.0. The third-order valence-corrected chi connectivity index (χ3v) is 4.74. The minimum Gasteiger partial charge on any atom is -0.478 e. The molecule has 0 aliphatic heterocycles. The highest BCUT2D eigenvalue weighted by Gasteiger charge is 2.05. The Labute approximate surface area is 154 Å². The number of carbonyl (C=O) groups is 2. The van der Waals surface area contributed by atoms with Gasteiger partial charge in [0.05, 0.1) is 17.5 Å². The van der Waals surface area contributed by atoms with Crippen LogP contribution in [-0.4, -0.2) is 29.0 Å². The van der Waals surface area contributed by atoms with Crippen molar-refractivity contribution in [2.24, 2.45) is 5.10 Å². The average molecular weight is 364 g/mol. The van der Waals surface area contributed by atoms with E-state index in [2.05, 4.69) is 10.5 Å². The fourth-order valence-corrected chi connectivity index (χ4v) is 3.26. The van der Waals surface area contributed by atoms with Gasteiger partial charge in [0, 0.05) is 4.90 Å². The van der Waals surface area contributed by atoms with E-state index < -0.39 is 5.97 Å². The molecule has 0 unspecified atom stereocenters. The van der Waals surface area contributed by atoms with E-state index in [0.29, 0.717) is 5.56 Å². The molecule has 0 heterocycles. The number of carboxylic acid groups (broad SMARTS) is 1. The number of hydrogen-bond donors (Lipinski definition) is 2. The van der Waals surface area contributed by atoms with Crippen LogP contribution in [0.15, 0.2) is 76.7 Å². The molecule has 3 rings (SSSR count). The fraction of sp³-hybridized carbons (Fsp3) is 0.0500. The van der Waals surface area contributed by atoms with Crippen molar-refractivity contribution in [2.75, 3.05) is 5.75 Å². The number of carbonyl (C=O) groups excluding carboxylic acids is 1. The van der Waals surface area contributed by atoms with Crippen LogP contribution in [0.1, 0.15) is 15.9 Å². The molecule has 2 N–H and O–H groups in total. The molecule has 0 bridgehead atoms. The smallest absolute Gasteiger partial charge is 0.335 e. The molecule has 3 aromatic carbocycles. The summed E-state index contributed by atoms with van der Waals surface area (Å²) in [5, 5.41) is 15.0. The third-order valence-electron chi connectivity index (χ3n) is 3.67. The first kappa shape index (κ1) is 17.7. The molecule has 0 aliphatic carbocycles. The number of nitrogens with zero attached hydrogens (tertiary/aromatic N) is 1. The minimum absolute atomic E-state index is 0.206. The predicted octanol–water partition coefficient (Wildman–Crippen LogP) is 3.78. The lowest BCUT2D eigenvalue weighted by Crippen LogP contribution is -2.19. The molecule has 5 nitrogen and oxygen atoms in total. The maximum atomic E-state index is 12.0. The van der Waals surface area contributed by atoms with Gasteiger partial charge < -0.3 is 5.11 Å². The summed E-state index contributed by atoms with van der Waals surface area (Å²) in [5.41, 5.74) is 3.39. The summed E-state index contributed by atoms with van der Waals surface area (Å²) in [6, 6.07) is 20.3. The number of amides is 1. The second kappa shape index (κ2) is 8.31. The summed E-state index contributed by atoms with van der Waals surface area (Å²) < 4.78 is 0. The Kier molecular flexibility index (Phi) is 5.66. The zero-order valence-electron chi connectivity index (χ0n) is 13.8. The molecule has 0 spiro atoms. The van der Waals surface area contributed by atoms with Crippen LogP contribution in [0.5, 0.6) is 0 Å². The van der Waals surface area contributed by atoms with E-state index in [9.17, 15) is 9.59 Å². The van der Waals surface area contributed by atoms with E-state index in [4.69, 9.17) is 5.11 Å². The summed E-state index contributed by atoms with van der Waals surface area (Å²) in [7, 11) is 0. The quantitative estimate of drug-likeness (QED) is 0.396. The van der Waals surface area contributed by atoms with Crippen molar-refractivity contribution in [1.82, 2.24) is 5.43 Å². The van der Waals surface area contributed by atoms with Crippen molar-refractivity contribution in [2.45, 2.75) is 4.90 Å². The van der Waals surface area contributed by atoms with E-state index >= 15 is 0 Å². The van der Waals surface area contributed by atoms with E-state index in [-0.39, 0.29) is 17.2 Å². The Balaban J connectivity index is 1.55. The number of hydrazone groups is 1. The topological polar surface area (TPSA) is 78.8 Å². The van der Waals surface area contributed by atoms with Crippen molar-refractivity contribution < 1.29 is 14.7 Å². The van der Waals surface area contributed by atoms with Crippen molar-refractivity contribution in [3.8, 4) is 0 Å². The number of carboxylic acids is 1. The van der Waals surface area contributed by atoms with E-state index in [1.807, 2.05) is 42.5 Å². The van der Waals surface area contributed by atoms with Crippen LogP contribution in [0.3, 0.4) is 0 Å². The SMILES string of the molecule is O=C(CSc1cccc2ccccc12)NN=Cc1ccc(C(=O)O)cc1. The predicted molar refractivity (Wildman–Crippen MR) is 104 cm³/mol. The monoisotopic (exact) mass is 364 g/mol. The first-order chi connectivity index (χ1) is 12.6. The van der Waals surface area contributed by atoms with E-state index in [1.54, 1.807) is 12.1 Å². The molecular formula is C20H16N2O3S. The molecule has 0 saturated heterocycles. The van der Waals surface area contributed by atoms with Crippen LogP contribution in [0.2, 0.25) is 0 Å². The lowest BCUT2D eigenvalue weighted by atomic mass is 10.1. The zero-order chi connectivity index (χ0) is 18.4. The number of thioether (sulfide) groups is 1. The van der Waals surface area contributed by atoms with Gasteiger partial charge in [-0.3, -0.25) is 4.79 Å². The fourth-order valence-electron chi connectivity index (χ4n) is 2.39. The second-order valence-corrected chi connectivity index (χ2v) is 6.50. The lowest BCUT2D eigenvalue weighted by molar-refractivity contribution is -0.118. The van der Waals surface area contributed by atoms with Crippen LogP contribution in [0.4, 0.5) is 0 Å². The Bertz CT molecular complexity index is 963. The van der Waals surface area contributed by atoms with Crippen molar-refractivity contribution in [3.05, 3.63) is 77.9 Å². The van der Waals surface area contributed by atoms with Crippen LogP contribution in [-0.2, 0) is 4.79 Å². The summed E-state index contributed by atoms with van der Waals surface area (Å²) in [5.74, 6) is -0.933. The number of rotatable bonds is 6. The minimum atomic E-state index is -0.979. The highest BCUT2D eigenvalue weighted by Crippen LogP contribution is 2.27. The van der Waals surface area contributed by atoms with Crippen LogP contribution >= 0.6 is 11.8 Å². The molecular weight excluding hydrogens is 348 g/mol. The van der Waals surface area contributed by atoms with Gasteiger partial charge in [0.25, 0.3) is 0 Å². The lowest BCUT2D eigenvalue weighted by Gasteiger charge is -2.05. The van der Waals surface area contributed by atoms with Gasteiger partial charge in [0.2, 0.25) is 5.91 Å². The Morgan fingerprint density at radius 2 is 1.73 bits per heavy atom. The van der Waals surface area contributed by atoms with Crippen LogP contribution in [0, 0.1) is 0 Å². The Morgan fingerprint density at radius 3 is 2.50 bits per heavy atom. The standard InChI is InChI=1S/C20H16N2O3S/c23-19(22-21-12-14-8-10-16(11-9-14)20(24)25)13-26-18-7-3-5-15-4-1-2-6-17(15)18/h1-12H,13H2,(H,22,23)(H,24,25). The number of benzene rings is 3. The van der Waals surface area contributed by atoms with Gasteiger partial charge in [0.15, 0.2) is 0 Å². The van der Waals surface area contributed by atoms with Gasteiger partial charge in [-0.25, -0.2) is 10.2 Å². The van der Waals surface area contributed by atoms with Gasteiger partial charge in [0.1, 0.15) is 0 Å². The number of fused-ring (bicyclic) bond motifs is 1. The van der Waals surface area contributed by atoms with Crippen LogP contribution in [0.25, 0.3) is 10.8 Å². The molecule has 0 saturated carbocycles. The highest BCUT2D eigenvalue weighted by atomic mass is 32.2. The van der Waals surface area contributed by atoms with Crippen molar-refractivity contribution in [1.29, 1.82) is 0 Å². The maximum Gasteiger partial charge on any atom is 0.335 e. The van der Waals surface area contributed by atoms with Gasteiger partial charge >= 0.3 is 5.97 Å². The average Bonchev–Trinajstić information content (AvgIpc) is 2.66. The molecule has 0 fully saturated rings. The number of nitrogens with one attached hydrogen (secondary N) is 1. The summed E-state index contributed by atoms with van der Waals surface area (Å²) in [6.45, 7) is 0. The number of hydrogen-bond acceptors (Lipinski definition) is 4. The molecule has 3 aromatic rings. The molecule has 0 aliphatic rings. The van der Waals surface area contributed by atoms with Crippen molar-refractivity contribution in [3.63, 3.8) is 0 Å². The Hall–Kier alpha value is -3.12. The molecule has 26 heavy (non-hydrogen) atoms. The van der Waals surface area contributed by atoms with Crippen LogP contribution < -0.4 is 5.43 Å². The van der Waals surface area contributed by atoms with E-state index in [1.165, 1.54) is 30.1 Å². The Morgan fingerprint density at radius 1 is 1.00 bits per heavy atom. The molecule has 6 heteroatoms. The zero-order valence-corrected chi connectivity index (χ0v) is 14.6. The highest BCUT2D eigenvalue weighted by molar-refractivity contribution is 8.00. The normalized spacial score (nSPS) is 10.9. The third kappa shape index (κ3) is 4.49. The first-order valence-electron chi connectivity index (χ1n) is 7.89. The molecule has 0 aromatic heterocycles. The summed E-state index contributed by atoms with van der Waals surface area (Å²) in [6.07, 6.45) is 1.48. The van der Waals surface area contributed by atoms with Gasteiger partial charge in [-0.15, -0.1) is 11.8 Å².